The first-order valence-electron chi connectivity index (χ1n) is 12.2. The molecule has 2 heterocycles. The number of guanidine groups is 1. The summed E-state index contributed by atoms with van der Waals surface area (Å²) in [6, 6.07) is -1.59. The number of amides is 2. The standard InChI is InChI=1S/C24H38N4O6/c1-15(2)12-18(22(30)26-20-19(29)14-33-21(20)16(3)4)25-23(28-8-10-32-11-9-28)27-24(31)34-13-17-6-5-7-17/h16-18,20-21H,1,5-14H2,2-4H3,(H,26,30)(H,25,27,31). The summed E-state index contributed by atoms with van der Waals surface area (Å²) in [7, 11) is 0. The van der Waals surface area contributed by atoms with Gasteiger partial charge in [0.15, 0.2) is 5.78 Å². The molecule has 3 aliphatic rings. The average Bonchev–Trinajstić information content (AvgIpc) is 3.12. The molecule has 190 valence electrons. The first-order chi connectivity index (χ1) is 16.2. The summed E-state index contributed by atoms with van der Waals surface area (Å²) in [5, 5.41) is 5.57. The highest BCUT2D eigenvalue weighted by atomic mass is 16.5. The van der Waals surface area contributed by atoms with E-state index >= 15 is 0 Å². The first kappa shape index (κ1) is 26.2. The van der Waals surface area contributed by atoms with Crippen LogP contribution in [0, 0.1) is 11.8 Å². The summed E-state index contributed by atoms with van der Waals surface area (Å²) in [6.07, 6.45) is 2.60. The number of aliphatic imine (C=N–C) groups is 1. The summed E-state index contributed by atoms with van der Waals surface area (Å²) in [5.41, 5.74) is 0.757. The SMILES string of the molecule is C=C(C)CC(N=C(NC(=O)OCC1CCC1)N1CCOCC1)C(=O)NC1C(=O)COC1C(C)C. The maximum absolute atomic E-state index is 13.3. The Kier molecular flexibility index (Phi) is 9.46. The van der Waals surface area contributed by atoms with Gasteiger partial charge in [0.25, 0.3) is 0 Å². The number of nitrogens with one attached hydrogen (secondary N) is 2. The zero-order valence-electron chi connectivity index (χ0n) is 20.5. The number of rotatable bonds is 8. The second-order valence-corrected chi connectivity index (χ2v) is 9.72. The summed E-state index contributed by atoms with van der Waals surface area (Å²) in [4.78, 5) is 44.6. The van der Waals surface area contributed by atoms with Crippen LogP contribution in [0.2, 0.25) is 0 Å². The van der Waals surface area contributed by atoms with E-state index in [1.165, 1.54) is 6.42 Å². The fraction of sp³-hybridized carbons (Fsp3) is 0.750. The third-order valence-corrected chi connectivity index (χ3v) is 6.37. The van der Waals surface area contributed by atoms with Gasteiger partial charge in [-0.25, -0.2) is 9.79 Å². The lowest BCUT2D eigenvalue weighted by Crippen LogP contribution is -2.52. The molecule has 0 spiro atoms. The molecule has 2 aliphatic heterocycles. The number of hydrogen-bond acceptors (Lipinski definition) is 7. The van der Waals surface area contributed by atoms with Gasteiger partial charge in [0.2, 0.25) is 11.9 Å². The third kappa shape index (κ3) is 7.27. The highest BCUT2D eigenvalue weighted by Gasteiger charge is 2.39. The van der Waals surface area contributed by atoms with Crippen LogP contribution >= 0.6 is 0 Å². The van der Waals surface area contributed by atoms with Gasteiger partial charge in [-0.15, -0.1) is 6.58 Å². The quantitative estimate of drug-likeness (QED) is 0.309. The van der Waals surface area contributed by atoms with Gasteiger partial charge in [0.05, 0.1) is 25.9 Å². The second kappa shape index (κ2) is 12.3. The molecule has 3 atom stereocenters. The molecule has 10 nitrogen and oxygen atoms in total. The van der Waals surface area contributed by atoms with Gasteiger partial charge in [-0.2, -0.15) is 0 Å². The number of morpholine rings is 1. The molecule has 2 saturated heterocycles. The maximum Gasteiger partial charge on any atom is 0.413 e. The molecule has 3 rings (SSSR count). The van der Waals surface area contributed by atoms with E-state index in [2.05, 4.69) is 22.2 Å². The molecule has 0 aromatic rings. The van der Waals surface area contributed by atoms with Crippen molar-refractivity contribution in [2.75, 3.05) is 39.5 Å². The number of nitrogens with zero attached hydrogens (tertiary/aromatic N) is 2. The van der Waals surface area contributed by atoms with E-state index in [1.54, 1.807) is 0 Å². The van der Waals surface area contributed by atoms with Crippen LogP contribution in [0.3, 0.4) is 0 Å². The van der Waals surface area contributed by atoms with Gasteiger partial charge in [-0.05, 0) is 38.0 Å². The van der Waals surface area contributed by atoms with E-state index in [-0.39, 0.29) is 36.8 Å². The molecule has 10 heteroatoms. The van der Waals surface area contributed by atoms with Crippen molar-refractivity contribution in [1.29, 1.82) is 0 Å². The van der Waals surface area contributed by atoms with Crippen molar-refractivity contribution in [3.8, 4) is 0 Å². The Morgan fingerprint density at radius 1 is 1.26 bits per heavy atom. The van der Waals surface area contributed by atoms with E-state index < -0.39 is 24.1 Å². The fourth-order valence-electron chi connectivity index (χ4n) is 4.16. The number of hydrogen-bond donors (Lipinski definition) is 2. The van der Waals surface area contributed by atoms with E-state index in [9.17, 15) is 14.4 Å². The van der Waals surface area contributed by atoms with E-state index in [1.807, 2.05) is 25.7 Å². The van der Waals surface area contributed by atoms with Gasteiger partial charge in [0, 0.05) is 13.1 Å². The molecule has 2 amide bonds. The number of ether oxygens (including phenoxy) is 3. The predicted octanol–water partition coefficient (Wildman–Crippen LogP) is 1.64. The van der Waals surface area contributed by atoms with Crippen molar-refractivity contribution in [3.63, 3.8) is 0 Å². The molecular formula is C24H38N4O6. The normalized spacial score (nSPS) is 24.5. The molecule has 2 N–H and O–H groups in total. The van der Waals surface area contributed by atoms with Crippen molar-refractivity contribution in [2.45, 2.75) is 64.6 Å². The van der Waals surface area contributed by atoms with Gasteiger partial charge in [-0.3, -0.25) is 14.9 Å². The smallest absolute Gasteiger partial charge is 0.413 e. The molecule has 0 bridgehead atoms. The molecule has 34 heavy (non-hydrogen) atoms. The van der Waals surface area contributed by atoms with E-state index in [0.29, 0.717) is 38.8 Å². The Morgan fingerprint density at radius 3 is 2.56 bits per heavy atom. The molecule has 1 aliphatic carbocycles. The zero-order chi connectivity index (χ0) is 24.7. The van der Waals surface area contributed by atoms with Gasteiger partial charge in [0.1, 0.15) is 18.7 Å². The number of carbonyl (C=O) groups excluding carboxylic acids is 3. The summed E-state index contributed by atoms with van der Waals surface area (Å²) in [6.45, 7) is 12.0. The molecular weight excluding hydrogens is 440 g/mol. The van der Waals surface area contributed by atoms with Crippen LogP contribution in [-0.2, 0) is 23.8 Å². The second-order valence-electron chi connectivity index (χ2n) is 9.72. The zero-order valence-corrected chi connectivity index (χ0v) is 20.5. The fourth-order valence-corrected chi connectivity index (χ4v) is 4.16. The summed E-state index contributed by atoms with van der Waals surface area (Å²) < 4.78 is 16.4. The molecule has 3 fully saturated rings. The van der Waals surface area contributed by atoms with Gasteiger partial charge >= 0.3 is 6.09 Å². The lowest BCUT2D eigenvalue weighted by molar-refractivity contribution is -0.127. The van der Waals surface area contributed by atoms with E-state index in [4.69, 9.17) is 14.2 Å². The highest BCUT2D eigenvalue weighted by Crippen LogP contribution is 2.26. The Hall–Kier alpha value is -2.46. The number of Topliss-reactive ketones (excluding diaryl/α,β-unsaturated/α-hetero) is 1. The Morgan fingerprint density at radius 2 is 1.97 bits per heavy atom. The van der Waals surface area contributed by atoms with Crippen molar-refractivity contribution in [1.82, 2.24) is 15.5 Å². The van der Waals surface area contributed by atoms with Crippen molar-refractivity contribution in [2.24, 2.45) is 16.8 Å². The van der Waals surface area contributed by atoms with Crippen LogP contribution in [-0.4, -0.2) is 86.3 Å². The molecule has 0 radical (unpaired) electrons. The Balaban J connectivity index is 1.75. The van der Waals surface area contributed by atoms with E-state index in [0.717, 1.165) is 18.4 Å². The van der Waals surface area contributed by atoms with Gasteiger partial charge < -0.3 is 24.4 Å². The van der Waals surface area contributed by atoms with Crippen LogP contribution in [0.1, 0.15) is 46.5 Å². The van der Waals surface area contributed by atoms with Crippen LogP contribution in [0.25, 0.3) is 0 Å². The Bertz CT molecular complexity index is 788. The van der Waals surface area contributed by atoms with Crippen LogP contribution < -0.4 is 10.6 Å². The molecule has 3 unspecified atom stereocenters. The topological polar surface area (TPSA) is 119 Å². The summed E-state index contributed by atoms with van der Waals surface area (Å²) >= 11 is 0. The van der Waals surface area contributed by atoms with Crippen LogP contribution in [0.4, 0.5) is 4.79 Å². The average molecular weight is 479 g/mol. The number of ketones is 1. The first-order valence-corrected chi connectivity index (χ1v) is 12.2. The highest BCUT2D eigenvalue weighted by molar-refractivity contribution is 5.97. The molecule has 0 aromatic heterocycles. The van der Waals surface area contributed by atoms with Gasteiger partial charge in [-0.1, -0.05) is 25.8 Å². The van der Waals surface area contributed by atoms with Crippen molar-refractivity contribution in [3.05, 3.63) is 12.2 Å². The number of alkyl carbamates (subject to hydrolysis) is 1. The number of carbonyl (C=O) groups is 3. The van der Waals surface area contributed by atoms with Crippen molar-refractivity contribution < 1.29 is 28.6 Å². The van der Waals surface area contributed by atoms with Crippen LogP contribution in [0.15, 0.2) is 17.1 Å². The molecule has 0 aromatic carbocycles. The lowest BCUT2D eigenvalue weighted by atomic mass is 9.86. The van der Waals surface area contributed by atoms with Crippen molar-refractivity contribution >= 4 is 23.7 Å². The monoisotopic (exact) mass is 478 g/mol. The molecule has 1 saturated carbocycles. The minimum absolute atomic E-state index is 0.0182. The van der Waals surface area contributed by atoms with Crippen LogP contribution in [0.5, 0.6) is 0 Å². The largest absolute Gasteiger partial charge is 0.449 e. The maximum atomic E-state index is 13.3. The minimum atomic E-state index is -0.872. The lowest BCUT2D eigenvalue weighted by Gasteiger charge is -2.31. The summed E-state index contributed by atoms with van der Waals surface area (Å²) in [5.74, 6) is 0.175. The Labute approximate surface area is 201 Å². The third-order valence-electron chi connectivity index (χ3n) is 6.37. The minimum Gasteiger partial charge on any atom is -0.449 e. The predicted molar refractivity (Wildman–Crippen MR) is 126 cm³/mol.